The van der Waals surface area contributed by atoms with Gasteiger partial charge in [-0.25, -0.2) is 4.79 Å². The third kappa shape index (κ3) is 2.17. The first-order chi connectivity index (χ1) is 7.99. The van der Waals surface area contributed by atoms with E-state index < -0.39 is 5.97 Å². The third-order valence-corrected chi connectivity index (χ3v) is 3.38. The van der Waals surface area contributed by atoms with Crippen LogP contribution in [0.3, 0.4) is 0 Å². The van der Waals surface area contributed by atoms with E-state index >= 15 is 0 Å². The number of anilines is 1. The van der Waals surface area contributed by atoms with Gasteiger partial charge in [-0.3, -0.25) is 0 Å². The highest BCUT2D eigenvalue weighted by atomic mass is 32.1. The first kappa shape index (κ1) is 11.7. The highest BCUT2D eigenvalue weighted by molar-refractivity contribution is 7.14. The molecule has 1 aromatic heterocycles. The summed E-state index contributed by atoms with van der Waals surface area (Å²) < 4.78 is 0. The Labute approximate surface area is 104 Å². The summed E-state index contributed by atoms with van der Waals surface area (Å²) in [6, 6.07) is 6.00. The summed E-state index contributed by atoms with van der Waals surface area (Å²) in [5, 5.41) is 11.3. The van der Waals surface area contributed by atoms with Gasteiger partial charge in [0.1, 0.15) is 10.6 Å². The molecule has 0 aliphatic heterocycles. The molecule has 3 N–H and O–H groups in total. The van der Waals surface area contributed by atoms with Gasteiger partial charge in [-0.2, -0.15) is 0 Å². The monoisotopic (exact) mass is 247 g/mol. The van der Waals surface area contributed by atoms with Crippen LogP contribution in [0.1, 0.15) is 21.5 Å². The number of carboxylic acids is 1. The first-order valence-corrected chi connectivity index (χ1v) is 6.06. The van der Waals surface area contributed by atoms with Crippen molar-refractivity contribution >= 4 is 22.3 Å². The quantitative estimate of drug-likeness (QED) is 0.855. The van der Waals surface area contributed by atoms with E-state index in [1.54, 1.807) is 5.38 Å². The largest absolute Gasteiger partial charge is 0.478 e. The van der Waals surface area contributed by atoms with Gasteiger partial charge < -0.3 is 10.8 Å². The topological polar surface area (TPSA) is 63.3 Å². The van der Waals surface area contributed by atoms with E-state index in [1.807, 2.05) is 26.0 Å². The zero-order valence-electron chi connectivity index (χ0n) is 9.65. The molecule has 0 saturated heterocycles. The van der Waals surface area contributed by atoms with Crippen molar-refractivity contribution in [1.29, 1.82) is 0 Å². The number of aromatic carboxylic acids is 1. The predicted molar refractivity (Wildman–Crippen MR) is 70.6 cm³/mol. The number of rotatable bonds is 2. The van der Waals surface area contributed by atoms with Crippen LogP contribution in [0.2, 0.25) is 0 Å². The summed E-state index contributed by atoms with van der Waals surface area (Å²) >= 11 is 1.26. The fourth-order valence-electron chi connectivity index (χ4n) is 1.94. The van der Waals surface area contributed by atoms with E-state index in [9.17, 15) is 4.79 Å². The molecule has 4 heteroatoms. The van der Waals surface area contributed by atoms with Crippen LogP contribution >= 0.6 is 11.3 Å². The van der Waals surface area contributed by atoms with Crippen molar-refractivity contribution in [1.82, 2.24) is 0 Å². The van der Waals surface area contributed by atoms with E-state index in [0.717, 1.165) is 16.7 Å². The summed E-state index contributed by atoms with van der Waals surface area (Å²) in [5.41, 5.74) is 9.74. The lowest BCUT2D eigenvalue weighted by molar-refractivity contribution is 0.0699. The van der Waals surface area contributed by atoms with Crippen LogP contribution in [0.4, 0.5) is 5.00 Å². The Morgan fingerprint density at radius 3 is 2.35 bits per heavy atom. The van der Waals surface area contributed by atoms with Crippen molar-refractivity contribution in [3.8, 4) is 11.1 Å². The number of carboxylic acid groups (broad SMARTS) is 1. The molecule has 0 unspecified atom stereocenters. The van der Waals surface area contributed by atoms with Crippen LogP contribution in [0.25, 0.3) is 11.1 Å². The van der Waals surface area contributed by atoms with Crippen LogP contribution in [0, 0.1) is 13.8 Å². The standard InChI is InChI=1S/C13H13NO2S/c1-7-3-8(2)5-9(4-7)10-6-17-12(14)11(10)13(15)16/h3-6H,14H2,1-2H3,(H,15,16). The zero-order valence-corrected chi connectivity index (χ0v) is 10.5. The second kappa shape index (κ2) is 4.22. The molecule has 3 nitrogen and oxygen atoms in total. The van der Waals surface area contributed by atoms with E-state index in [1.165, 1.54) is 11.3 Å². The Morgan fingerprint density at radius 1 is 1.24 bits per heavy atom. The number of nitrogens with two attached hydrogens (primary N) is 1. The summed E-state index contributed by atoms with van der Waals surface area (Å²) in [6.45, 7) is 3.99. The van der Waals surface area contributed by atoms with Gasteiger partial charge in [0, 0.05) is 10.9 Å². The fraction of sp³-hybridized carbons (Fsp3) is 0.154. The van der Waals surface area contributed by atoms with Crippen LogP contribution in [-0.4, -0.2) is 11.1 Å². The molecule has 0 spiro atoms. The average Bonchev–Trinajstić information content (AvgIpc) is 2.58. The fourth-order valence-corrected chi connectivity index (χ4v) is 2.75. The highest BCUT2D eigenvalue weighted by Crippen LogP contribution is 2.34. The number of benzene rings is 1. The van der Waals surface area contributed by atoms with Crippen molar-refractivity contribution < 1.29 is 9.90 Å². The summed E-state index contributed by atoms with van der Waals surface area (Å²) in [4.78, 5) is 11.2. The normalized spacial score (nSPS) is 10.5. The maximum atomic E-state index is 11.2. The lowest BCUT2D eigenvalue weighted by Gasteiger charge is -2.05. The molecule has 0 saturated carbocycles. The minimum atomic E-state index is -0.974. The van der Waals surface area contributed by atoms with Crippen molar-refractivity contribution in [3.05, 3.63) is 40.3 Å². The molecule has 1 aromatic carbocycles. The number of aryl methyl sites for hydroxylation is 2. The SMILES string of the molecule is Cc1cc(C)cc(-c2csc(N)c2C(=O)O)c1. The predicted octanol–water partition coefficient (Wildman–Crippen LogP) is 3.31. The number of carbonyl (C=O) groups is 1. The smallest absolute Gasteiger partial charge is 0.339 e. The average molecular weight is 247 g/mol. The molecule has 0 aliphatic rings. The maximum absolute atomic E-state index is 11.2. The minimum Gasteiger partial charge on any atom is -0.478 e. The van der Waals surface area contributed by atoms with Gasteiger partial charge in [-0.15, -0.1) is 11.3 Å². The molecule has 0 aliphatic carbocycles. The minimum absolute atomic E-state index is 0.208. The molecule has 1 heterocycles. The molecular weight excluding hydrogens is 234 g/mol. The molecule has 88 valence electrons. The summed E-state index contributed by atoms with van der Waals surface area (Å²) in [5.74, 6) is -0.974. The maximum Gasteiger partial charge on any atom is 0.339 e. The van der Waals surface area contributed by atoms with E-state index in [0.29, 0.717) is 10.6 Å². The molecule has 0 bridgehead atoms. The molecular formula is C13H13NO2S. The molecule has 0 atom stereocenters. The van der Waals surface area contributed by atoms with Gasteiger partial charge in [0.15, 0.2) is 0 Å². The van der Waals surface area contributed by atoms with E-state index in [-0.39, 0.29) is 5.56 Å². The summed E-state index contributed by atoms with van der Waals surface area (Å²) in [7, 11) is 0. The van der Waals surface area contributed by atoms with Gasteiger partial charge in [0.05, 0.1) is 0 Å². The molecule has 0 fully saturated rings. The molecule has 0 amide bonds. The van der Waals surface area contributed by atoms with Crippen LogP contribution in [-0.2, 0) is 0 Å². The van der Waals surface area contributed by atoms with E-state index in [2.05, 4.69) is 6.07 Å². The second-order valence-corrected chi connectivity index (χ2v) is 4.98. The number of hydrogen-bond donors (Lipinski definition) is 2. The number of thiophene rings is 1. The Balaban J connectivity index is 2.64. The van der Waals surface area contributed by atoms with Crippen molar-refractivity contribution in [2.45, 2.75) is 13.8 Å². The van der Waals surface area contributed by atoms with Gasteiger partial charge in [-0.1, -0.05) is 29.3 Å². The van der Waals surface area contributed by atoms with Crippen molar-refractivity contribution in [3.63, 3.8) is 0 Å². The zero-order chi connectivity index (χ0) is 12.6. The molecule has 2 rings (SSSR count). The van der Waals surface area contributed by atoms with Gasteiger partial charge in [0.2, 0.25) is 0 Å². The molecule has 0 radical (unpaired) electrons. The Hall–Kier alpha value is -1.81. The lowest BCUT2D eigenvalue weighted by atomic mass is 10.00. The van der Waals surface area contributed by atoms with Gasteiger partial charge >= 0.3 is 5.97 Å². The van der Waals surface area contributed by atoms with Crippen molar-refractivity contribution in [2.24, 2.45) is 0 Å². The van der Waals surface area contributed by atoms with Gasteiger partial charge in [0.25, 0.3) is 0 Å². The molecule has 2 aromatic rings. The van der Waals surface area contributed by atoms with Crippen LogP contribution < -0.4 is 5.73 Å². The highest BCUT2D eigenvalue weighted by Gasteiger charge is 2.17. The van der Waals surface area contributed by atoms with E-state index in [4.69, 9.17) is 10.8 Å². The first-order valence-electron chi connectivity index (χ1n) is 5.18. The van der Waals surface area contributed by atoms with Crippen LogP contribution in [0.5, 0.6) is 0 Å². The third-order valence-electron chi connectivity index (χ3n) is 2.57. The Bertz CT molecular complexity index is 567. The van der Waals surface area contributed by atoms with Crippen molar-refractivity contribution in [2.75, 3.05) is 5.73 Å². The summed E-state index contributed by atoms with van der Waals surface area (Å²) in [6.07, 6.45) is 0. The Morgan fingerprint density at radius 2 is 1.82 bits per heavy atom. The number of nitrogen functional groups attached to an aromatic ring is 1. The van der Waals surface area contributed by atoms with Gasteiger partial charge in [-0.05, 0) is 19.4 Å². The van der Waals surface area contributed by atoms with Crippen LogP contribution in [0.15, 0.2) is 23.6 Å². The molecule has 17 heavy (non-hydrogen) atoms. The lowest BCUT2D eigenvalue weighted by Crippen LogP contribution is -2.00. The number of hydrogen-bond acceptors (Lipinski definition) is 3. The second-order valence-electron chi connectivity index (χ2n) is 4.07. The Kier molecular flexibility index (Phi) is 2.90.